The van der Waals surface area contributed by atoms with E-state index in [0.29, 0.717) is 22.7 Å². The van der Waals surface area contributed by atoms with E-state index in [4.69, 9.17) is 11.6 Å². The molecule has 1 aromatic heterocycles. The summed E-state index contributed by atoms with van der Waals surface area (Å²) in [4.78, 5) is 10.7. The molecular weight excluding hydrogens is 262 g/mol. The van der Waals surface area contributed by atoms with Gasteiger partial charge in [-0.15, -0.1) is 0 Å². The van der Waals surface area contributed by atoms with E-state index >= 15 is 0 Å². The van der Waals surface area contributed by atoms with E-state index in [1.54, 1.807) is 6.20 Å². The zero-order chi connectivity index (χ0) is 14.4. The summed E-state index contributed by atoms with van der Waals surface area (Å²) in [6, 6.07) is 0.289. The Balaban J connectivity index is 2.85. The zero-order valence-corrected chi connectivity index (χ0v) is 13.1. The molecule has 0 amide bonds. The highest BCUT2D eigenvalue weighted by Gasteiger charge is 2.16. The minimum absolute atomic E-state index is 0.289. The van der Waals surface area contributed by atoms with Gasteiger partial charge in [0.15, 0.2) is 5.82 Å². The van der Waals surface area contributed by atoms with E-state index in [2.05, 4.69) is 53.4 Å². The molecule has 1 atom stereocenters. The fraction of sp³-hybridized carbons (Fsp3) is 0.692. The molecule has 0 aliphatic carbocycles. The summed E-state index contributed by atoms with van der Waals surface area (Å²) in [5, 5.41) is 7.05. The second kappa shape index (κ2) is 7.50. The van der Waals surface area contributed by atoms with Crippen LogP contribution in [0.25, 0.3) is 0 Å². The monoisotopic (exact) mass is 285 g/mol. The van der Waals surface area contributed by atoms with Gasteiger partial charge in [-0.05, 0) is 26.9 Å². The van der Waals surface area contributed by atoms with Crippen LogP contribution in [0.1, 0.15) is 20.8 Å². The molecule has 0 aliphatic heterocycles. The highest BCUT2D eigenvalue weighted by atomic mass is 35.5. The first-order chi connectivity index (χ1) is 8.93. The molecule has 0 aromatic carbocycles. The van der Waals surface area contributed by atoms with E-state index in [1.165, 1.54) is 0 Å². The van der Waals surface area contributed by atoms with Gasteiger partial charge < -0.3 is 15.5 Å². The van der Waals surface area contributed by atoms with Crippen LogP contribution < -0.4 is 10.6 Å². The van der Waals surface area contributed by atoms with Gasteiger partial charge in [-0.1, -0.05) is 25.4 Å². The van der Waals surface area contributed by atoms with E-state index in [-0.39, 0.29) is 6.04 Å². The predicted octanol–water partition coefficient (Wildman–Crippen LogP) is 2.56. The van der Waals surface area contributed by atoms with Crippen molar-refractivity contribution in [3.63, 3.8) is 0 Å². The maximum Gasteiger partial charge on any atom is 0.224 e. The number of nitrogens with one attached hydrogen (secondary N) is 2. The molecule has 1 aromatic rings. The van der Waals surface area contributed by atoms with E-state index < -0.39 is 0 Å². The molecule has 2 N–H and O–H groups in total. The minimum Gasteiger partial charge on any atom is -0.364 e. The van der Waals surface area contributed by atoms with Gasteiger partial charge in [0, 0.05) is 19.1 Å². The summed E-state index contributed by atoms with van der Waals surface area (Å²) in [6.07, 6.45) is 1.63. The number of anilines is 2. The molecule has 1 heterocycles. The van der Waals surface area contributed by atoms with E-state index in [1.807, 2.05) is 6.92 Å². The molecule has 19 heavy (non-hydrogen) atoms. The van der Waals surface area contributed by atoms with Crippen LogP contribution in [0.5, 0.6) is 0 Å². The second-order valence-corrected chi connectivity index (χ2v) is 5.58. The quantitative estimate of drug-likeness (QED) is 0.806. The molecule has 0 radical (unpaired) electrons. The first-order valence-corrected chi connectivity index (χ1v) is 6.99. The lowest BCUT2D eigenvalue weighted by Crippen LogP contribution is -2.36. The fourth-order valence-electron chi connectivity index (χ4n) is 1.70. The minimum atomic E-state index is 0.289. The Morgan fingerprint density at radius 3 is 2.58 bits per heavy atom. The van der Waals surface area contributed by atoms with Crippen LogP contribution >= 0.6 is 11.6 Å². The molecule has 0 saturated carbocycles. The van der Waals surface area contributed by atoms with Crippen LogP contribution in [0, 0.1) is 5.92 Å². The number of hydrogen-bond acceptors (Lipinski definition) is 5. The summed E-state index contributed by atoms with van der Waals surface area (Å²) < 4.78 is 0. The number of hydrogen-bond donors (Lipinski definition) is 2. The summed E-state index contributed by atoms with van der Waals surface area (Å²) in [5.41, 5.74) is 0. The van der Waals surface area contributed by atoms with Crippen molar-refractivity contribution in [2.75, 3.05) is 37.8 Å². The third kappa shape index (κ3) is 5.20. The maximum absolute atomic E-state index is 6.15. The summed E-state index contributed by atoms with van der Waals surface area (Å²) in [7, 11) is 4.12. The van der Waals surface area contributed by atoms with Gasteiger partial charge in [-0.2, -0.15) is 4.98 Å². The van der Waals surface area contributed by atoms with Crippen LogP contribution in [-0.2, 0) is 0 Å². The van der Waals surface area contributed by atoms with Crippen molar-refractivity contribution < 1.29 is 0 Å². The smallest absolute Gasteiger partial charge is 0.224 e. The first-order valence-electron chi connectivity index (χ1n) is 6.61. The molecule has 0 bridgehead atoms. The third-order valence-corrected chi connectivity index (χ3v) is 3.04. The largest absolute Gasteiger partial charge is 0.364 e. The normalized spacial score (nSPS) is 12.8. The number of likely N-dealkylation sites (N-methyl/N-ethyl adjacent to an activating group) is 1. The Morgan fingerprint density at radius 2 is 2.05 bits per heavy atom. The lowest BCUT2D eigenvalue weighted by molar-refractivity contribution is 0.344. The van der Waals surface area contributed by atoms with Crippen molar-refractivity contribution in [2.45, 2.75) is 26.8 Å². The molecule has 0 fully saturated rings. The van der Waals surface area contributed by atoms with Crippen LogP contribution in [0.2, 0.25) is 5.02 Å². The molecule has 1 rings (SSSR count). The number of aromatic nitrogens is 2. The molecule has 0 saturated heterocycles. The van der Waals surface area contributed by atoms with Crippen molar-refractivity contribution in [2.24, 2.45) is 5.92 Å². The van der Waals surface area contributed by atoms with Crippen LogP contribution in [0.15, 0.2) is 6.20 Å². The molecule has 5 nitrogen and oxygen atoms in total. The third-order valence-electron chi connectivity index (χ3n) is 2.77. The standard InChI is InChI=1S/C13H24ClN5/c1-6-15-13-16-7-10(14)12(18-13)17-11(9(2)3)8-19(4)5/h7,9,11H,6,8H2,1-5H3,(H2,15,16,17,18). The average Bonchev–Trinajstić information content (AvgIpc) is 2.32. The summed E-state index contributed by atoms with van der Waals surface area (Å²) in [5.74, 6) is 1.77. The van der Waals surface area contributed by atoms with Gasteiger partial charge in [0.1, 0.15) is 5.02 Å². The van der Waals surface area contributed by atoms with Crippen molar-refractivity contribution in [3.8, 4) is 0 Å². The Morgan fingerprint density at radius 1 is 1.37 bits per heavy atom. The number of halogens is 1. The average molecular weight is 286 g/mol. The molecule has 1 unspecified atom stereocenters. The number of rotatable bonds is 7. The zero-order valence-electron chi connectivity index (χ0n) is 12.4. The maximum atomic E-state index is 6.15. The van der Waals surface area contributed by atoms with Crippen molar-refractivity contribution in [1.82, 2.24) is 14.9 Å². The summed E-state index contributed by atoms with van der Waals surface area (Å²) in [6.45, 7) is 8.08. The first kappa shape index (κ1) is 16.0. The van der Waals surface area contributed by atoms with Gasteiger partial charge in [-0.25, -0.2) is 4.98 Å². The topological polar surface area (TPSA) is 53.1 Å². The summed E-state index contributed by atoms with van der Waals surface area (Å²) >= 11 is 6.15. The van der Waals surface area contributed by atoms with Gasteiger partial charge in [0.2, 0.25) is 5.95 Å². The predicted molar refractivity (Wildman–Crippen MR) is 82.0 cm³/mol. The van der Waals surface area contributed by atoms with Gasteiger partial charge >= 0.3 is 0 Å². The van der Waals surface area contributed by atoms with Crippen molar-refractivity contribution >= 4 is 23.4 Å². The van der Waals surface area contributed by atoms with E-state index in [9.17, 15) is 0 Å². The Kier molecular flexibility index (Phi) is 6.31. The van der Waals surface area contributed by atoms with Crippen molar-refractivity contribution in [1.29, 1.82) is 0 Å². The highest BCUT2D eigenvalue weighted by molar-refractivity contribution is 6.32. The van der Waals surface area contributed by atoms with E-state index in [0.717, 1.165) is 13.1 Å². The lowest BCUT2D eigenvalue weighted by Gasteiger charge is -2.26. The fourth-order valence-corrected chi connectivity index (χ4v) is 1.85. The second-order valence-electron chi connectivity index (χ2n) is 5.18. The molecule has 6 heteroatoms. The van der Waals surface area contributed by atoms with Crippen LogP contribution in [0.3, 0.4) is 0 Å². The Hall–Kier alpha value is -1.07. The Labute approximate surface area is 120 Å². The molecule has 0 spiro atoms. The number of nitrogens with zero attached hydrogens (tertiary/aromatic N) is 3. The molecule has 0 aliphatic rings. The highest BCUT2D eigenvalue weighted by Crippen LogP contribution is 2.21. The van der Waals surface area contributed by atoms with Crippen LogP contribution in [0.4, 0.5) is 11.8 Å². The molecular formula is C13H24ClN5. The molecule has 108 valence electrons. The van der Waals surface area contributed by atoms with Crippen molar-refractivity contribution in [3.05, 3.63) is 11.2 Å². The SMILES string of the molecule is CCNc1ncc(Cl)c(NC(CN(C)C)C(C)C)n1. The van der Waals surface area contributed by atoms with Crippen LogP contribution in [-0.4, -0.2) is 48.1 Å². The lowest BCUT2D eigenvalue weighted by atomic mass is 10.0. The Bertz CT molecular complexity index is 395. The van der Waals surface area contributed by atoms with Gasteiger partial charge in [0.05, 0.1) is 6.20 Å². The van der Waals surface area contributed by atoms with Gasteiger partial charge in [-0.3, -0.25) is 0 Å². The van der Waals surface area contributed by atoms with Gasteiger partial charge in [0.25, 0.3) is 0 Å².